The highest BCUT2D eigenvalue weighted by atomic mass is 79.9. The van der Waals surface area contributed by atoms with Crippen molar-refractivity contribution in [1.82, 2.24) is 4.90 Å². The fourth-order valence-corrected chi connectivity index (χ4v) is 2.81. The smallest absolute Gasteiger partial charge is 0.397 e. The molecule has 1 N–H and O–H groups in total. The zero-order valence-electron chi connectivity index (χ0n) is 13.8. The molecule has 0 spiro atoms. The molecule has 0 bridgehead atoms. The number of anilines is 1. The molecule has 2 atom stereocenters. The monoisotopic (exact) mass is 396 g/mol. The van der Waals surface area contributed by atoms with Gasteiger partial charge in [0.25, 0.3) is 5.91 Å². The van der Waals surface area contributed by atoms with Gasteiger partial charge in [-0.05, 0) is 49.9 Å². The highest BCUT2D eigenvalue weighted by molar-refractivity contribution is 9.10. The summed E-state index contributed by atoms with van der Waals surface area (Å²) in [6, 6.07) is 7.01. The average molecular weight is 397 g/mol. The fraction of sp³-hybridized carbons (Fsp3) is 0.471. The minimum absolute atomic E-state index is 0.369. The maximum Gasteiger partial charge on any atom is 0.397 e. The normalized spacial score (nSPS) is 18.6. The molecule has 1 saturated heterocycles. The van der Waals surface area contributed by atoms with Crippen LogP contribution in [0, 0.1) is 5.92 Å². The number of halogens is 1. The van der Waals surface area contributed by atoms with Crippen LogP contribution in [0.25, 0.3) is 0 Å². The van der Waals surface area contributed by atoms with Crippen LogP contribution in [0.4, 0.5) is 5.69 Å². The van der Waals surface area contributed by atoms with E-state index in [4.69, 9.17) is 4.74 Å². The van der Waals surface area contributed by atoms with Crippen molar-refractivity contribution in [1.29, 1.82) is 0 Å². The molecule has 6 nitrogen and oxygen atoms in total. The number of hydrogen-bond donors (Lipinski definition) is 1. The summed E-state index contributed by atoms with van der Waals surface area (Å²) in [5.74, 6) is -1.77. The Labute approximate surface area is 149 Å². The van der Waals surface area contributed by atoms with E-state index in [0.29, 0.717) is 24.7 Å². The first-order valence-corrected chi connectivity index (χ1v) is 8.72. The standard InChI is InChI=1S/C17H21BrN2O4/c1-11-4-3-9-20(10-11)16(22)17(23)24-12(2)15(21)19-14-7-5-13(18)6-8-14/h5-8,11-12H,3-4,9-10H2,1-2H3,(H,19,21)/t11-,12+/m1/s1. The maximum absolute atomic E-state index is 12.1. The van der Waals surface area contributed by atoms with Crippen molar-refractivity contribution in [3.05, 3.63) is 28.7 Å². The van der Waals surface area contributed by atoms with Gasteiger partial charge >= 0.3 is 11.9 Å². The summed E-state index contributed by atoms with van der Waals surface area (Å²) in [4.78, 5) is 37.6. The van der Waals surface area contributed by atoms with Crippen LogP contribution in [0.15, 0.2) is 28.7 Å². The lowest BCUT2D eigenvalue weighted by molar-refractivity contribution is -0.165. The predicted octanol–water partition coefficient (Wildman–Crippen LogP) is 2.58. The molecule has 1 heterocycles. The maximum atomic E-state index is 12.1. The topological polar surface area (TPSA) is 75.7 Å². The quantitative estimate of drug-likeness (QED) is 0.629. The highest BCUT2D eigenvalue weighted by Gasteiger charge is 2.29. The number of carbonyl (C=O) groups is 3. The lowest BCUT2D eigenvalue weighted by atomic mass is 10.0. The summed E-state index contributed by atoms with van der Waals surface area (Å²) in [6.45, 7) is 4.59. The number of rotatable bonds is 3. The zero-order valence-corrected chi connectivity index (χ0v) is 15.3. The van der Waals surface area contributed by atoms with Crippen LogP contribution in [0.5, 0.6) is 0 Å². The van der Waals surface area contributed by atoms with Gasteiger partial charge in [0.2, 0.25) is 0 Å². The number of likely N-dealkylation sites (tertiary alicyclic amines) is 1. The Morgan fingerprint density at radius 1 is 1.29 bits per heavy atom. The number of piperidine rings is 1. The molecule has 0 radical (unpaired) electrons. The van der Waals surface area contributed by atoms with Gasteiger partial charge in [0.05, 0.1) is 0 Å². The molecule has 0 unspecified atom stereocenters. The number of ether oxygens (including phenoxy) is 1. The van der Waals surface area contributed by atoms with Gasteiger partial charge < -0.3 is 15.0 Å². The molecular weight excluding hydrogens is 376 g/mol. The number of carbonyl (C=O) groups excluding carboxylic acids is 3. The van der Waals surface area contributed by atoms with Crippen molar-refractivity contribution in [2.24, 2.45) is 5.92 Å². The third kappa shape index (κ3) is 5.06. The third-order valence-corrected chi connectivity index (χ3v) is 4.41. The number of nitrogens with zero attached hydrogens (tertiary/aromatic N) is 1. The van der Waals surface area contributed by atoms with Gasteiger partial charge in [-0.1, -0.05) is 22.9 Å². The fourth-order valence-electron chi connectivity index (χ4n) is 2.54. The Kier molecular flexibility index (Phi) is 6.36. The van der Waals surface area contributed by atoms with Gasteiger partial charge in [0, 0.05) is 23.2 Å². The summed E-state index contributed by atoms with van der Waals surface area (Å²) >= 11 is 3.31. The van der Waals surface area contributed by atoms with Crippen LogP contribution < -0.4 is 5.32 Å². The Hall–Kier alpha value is -1.89. The second kappa shape index (κ2) is 8.28. The van der Waals surface area contributed by atoms with Gasteiger partial charge in [0.1, 0.15) is 0 Å². The van der Waals surface area contributed by atoms with Crippen LogP contribution in [0.1, 0.15) is 26.7 Å². The van der Waals surface area contributed by atoms with E-state index in [0.717, 1.165) is 17.3 Å². The predicted molar refractivity (Wildman–Crippen MR) is 93.3 cm³/mol. The van der Waals surface area contributed by atoms with E-state index in [1.807, 2.05) is 6.92 Å². The molecule has 24 heavy (non-hydrogen) atoms. The molecule has 1 aromatic rings. The summed E-state index contributed by atoms with van der Waals surface area (Å²) in [5.41, 5.74) is 0.585. The van der Waals surface area contributed by atoms with Crippen LogP contribution >= 0.6 is 15.9 Å². The molecule has 0 aliphatic carbocycles. The SMILES string of the molecule is C[C@@H]1CCCN(C(=O)C(=O)O[C@@H](C)C(=O)Nc2ccc(Br)cc2)C1. The minimum Gasteiger partial charge on any atom is -0.445 e. The van der Waals surface area contributed by atoms with Crippen LogP contribution in [0.2, 0.25) is 0 Å². The number of nitrogens with one attached hydrogen (secondary N) is 1. The summed E-state index contributed by atoms with van der Waals surface area (Å²) in [6.07, 6.45) is 0.872. The Morgan fingerprint density at radius 2 is 1.96 bits per heavy atom. The number of benzene rings is 1. The molecule has 1 aliphatic heterocycles. The Morgan fingerprint density at radius 3 is 2.58 bits per heavy atom. The van der Waals surface area contributed by atoms with E-state index in [2.05, 4.69) is 21.2 Å². The highest BCUT2D eigenvalue weighted by Crippen LogP contribution is 2.16. The second-order valence-electron chi connectivity index (χ2n) is 6.04. The molecule has 7 heteroatoms. The van der Waals surface area contributed by atoms with Gasteiger partial charge in [0.15, 0.2) is 6.10 Å². The second-order valence-corrected chi connectivity index (χ2v) is 6.96. The molecule has 2 amide bonds. The third-order valence-electron chi connectivity index (χ3n) is 3.88. The van der Waals surface area contributed by atoms with Crippen LogP contribution in [0.3, 0.4) is 0 Å². The first-order chi connectivity index (χ1) is 11.4. The van der Waals surface area contributed by atoms with E-state index in [9.17, 15) is 14.4 Å². The zero-order chi connectivity index (χ0) is 17.7. The first kappa shape index (κ1) is 18.4. The summed E-state index contributed by atoms with van der Waals surface area (Å²) in [5, 5.41) is 2.64. The van der Waals surface area contributed by atoms with Gasteiger partial charge in [-0.3, -0.25) is 9.59 Å². The van der Waals surface area contributed by atoms with E-state index in [-0.39, 0.29) is 0 Å². The van der Waals surface area contributed by atoms with Crippen LogP contribution in [-0.4, -0.2) is 41.9 Å². The van der Waals surface area contributed by atoms with E-state index in [1.54, 1.807) is 24.3 Å². The molecule has 0 saturated carbocycles. The first-order valence-electron chi connectivity index (χ1n) is 7.93. The molecule has 1 fully saturated rings. The Bertz CT molecular complexity index is 618. The molecule has 1 aromatic carbocycles. The van der Waals surface area contributed by atoms with E-state index in [1.165, 1.54) is 11.8 Å². The van der Waals surface area contributed by atoms with Crippen molar-refractivity contribution in [2.45, 2.75) is 32.8 Å². The minimum atomic E-state index is -1.05. The molecule has 0 aromatic heterocycles. The lowest BCUT2D eigenvalue weighted by Gasteiger charge is -2.30. The lowest BCUT2D eigenvalue weighted by Crippen LogP contribution is -2.45. The van der Waals surface area contributed by atoms with Gasteiger partial charge in [-0.25, -0.2) is 4.79 Å². The molecular formula is C17H21BrN2O4. The van der Waals surface area contributed by atoms with Crippen molar-refractivity contribution < 1.29 is 19.1 Å². The van der Waals surface area contributed by atoms with Gasteiger partial charge in [-0.15, -0.1) is 0 Å². The van der Waals surface area contributed by atoms with Crippen LogP contribution in [-0.2, 0) is 19.1 Å². The van der Waals surface area contributed by atoms with Crippen molar-refractivity contribution in [3.8, 4) is 0 Å². The molecule has 2 rings (SSSR count). The average Bonchev–Trinajstić information content (AvgIpc) is 2.56. The molecule has 1 aliphatic rings. The summed E-state index contributed by atoms with van der Waals surface area (Å²) < 4.78 is 5.90. The number of amides is 2. The van der Waals surface area contributed by atoms with Gasteiger partial charge in [-0.2, -0.15) is 0 Å². The van der Waals surface area contributed by atoms with E-state index < -0.39 is 23.9 Å². The Balaban J connectivity index is 1.86. The van der Waals surface area contributed by atoms with Crippen molar-refractivity contribution in [3.63, 3.8) is 0 Å². The number of esters is 1. The summed E-state index contributed by atoms with van der Waals surface area (Å²) in [7, 11) is 0. The van der Waals surface area contributed by atoms with Crippen molar-refractivity contribution in [2.75, 3.05) is 18.4 Å². The van der Waals surface area contributed by atoms with Crippen molar-refractivity contribution >= 4 is 39.4 Å². The van der Waals surface area contributed by atoms with E-state index >= 15 is 0 Å². The molecule has 130 valence electrons. The number of hydrogen-bond acceptors (Lipinski definition) is 4. The largest absolute Gasteiger partial charge is 0.445 e.